The van der Waals surface area contributed by atoms with Gasteiger partial charge in [0.15, 0.2) is 0 Å². The van der Waals surface area contributed by atoms with Gasteiger partial charge in [0.2, 0.25) is 0 Å². The van der Waals surface area contributed by atoms with Crippen molar-refractivity contribution in [3.05, 3.63) is 35.9 Å². The van der Waals surface area contributed by atoms with Gasteiger partial charge in [-0.15, -0.1) is 0 Å². The van der Waals surface area contributed by atoms with E-state index in [1.807, 2.05) is 51.1 Å². The minimum atomic E-state index is -0.479. The third-order valence-electron chi connectivity index (χ3n) is 2.75. The Morgan fingerprint density at radius 1 is 1.25 bits per heavy atom. The third kappa shape index (κ3) is 6.57. The first-order valence-corrected chi connectivity index (χ1v) is 7.17. The molecule has 4 heteroatoms. The Morgan fingerprint density at radius 2 is 1.90 bits per heavy atom. The van der Waals surface area contributed by atoms with Crippen molar-refractivity contribution in [2.75, 3.05) is 13.1 Å². The largest absolute Gasteiger partial charge is 0.444 e. The zero-order valence-electron chi connectivity index (χ0n) is 12.9. The Balaban J connectivity index is 2.65. The summed E-state index contributed by atoms with van der Waals surface area (Å²) < 4.78 is 5.33. The predicted octanol–water partition coefficient (Wildman–Crippen LogP) is 3.25. The van der Waals surface area contributed by atoms with Gasteiger partial charge in [-0.05, 0) is 45.8 Å². The van der Waals surface area contributed by atoms with Crippen LogP contribution in [0.1, 0.15) is 45.7 Å². The summed E-state index contributed by atoms with van der Waals surface area (Å²) in [5.41, 5.74) is 0.615. The molecule has 0 saturated carbocycles. The zero-order chi connectivity index (χ0) is 15.0. The first-order chi connectivity index (χ1) is 9.42. The average molecular weight is 278 g/mol. The van der Waals surface area contributed by atoms with Gasteiger partial charge in [-0.2, -0.15) is 0 Å². The van der Waals surface area contributed by atoms with Gasteiger partial charge < -0.3 is 15.4 Å². The van der Waals surface area contributed by atoms with Crippen molar-refractivity contribution in [1.82, 2.24) is 10.6 Å². The van der Waals surface area contributed by atoms with E-state index in [9.17, 15) is 4.79 Å². The number of hydrogen-bond donors (Lipinski definition) is 2. The summed E-state index contributed by atoms with van der Waals surface area (Å²) in [7, 11) is 0. The van der Waals surface area contributed by atoms with E-state index in [-0.39, 0.29) is 12.1 Å². The minimum absolute atomic E-state index is 0.0369. The average Bonchev–Trinajstić information content (AvgIpc) is 2.37. The monoisotopic (exact) mass is 278 g/mol. The van der Waals surface area contributed by atoms with Crippen LogP contribution >= 0.6 is 0 Å². The number of hydrogen-bond acceptors (Lipinski definition) is 3. The van der Waals surface area contributed by atoms with Crippen LogP contribution in [0, 0.1) is 0 Å². The van der Waals surface area contributed by atoms with Crippen LogP contribution < -0.4 is 10.6 Å². The van der Waals surface area contributed by atoms with Crippen molar-refractivity contribution in [2.45, 2.75) is 45.8 Å². The molecule has 0 bridgehead atoms. The van der Waals surface area contributed by atoms with Crippen LogP contribution in [0.2, 0.25) is 0 Å². The molecular formula is C16H26N2O2. The Bertz CT molecular complexity index is 399. The second kappa shape index (κ2) is 7.90. The van der Waals surface area contributed by atoms with Crippen LogP contribution in [0.25, 0.3) is 0 Å². The Hall–Kier alpha value is -1.55. The van der Waals surface area contributed by atoms with E-state index in [1.165, 1.54) is 0 Å². The molecule has 0 spiro atoms. The van der Waals surface area contributed by atoms with Crippen molar-refractivity contribution in [2.24, 2.45) is 0 Å². The molecule has 0 saturated heterocycles. The van der Waals surface area contributed by atoms with E-state index >= 15 is 0 Å². The molecule has 0 aliphatic rings. The summed E-state index contributed by atoms with van der Waals surface area (Å²) >= 11 is 0. The predicted molar refractivity (Wildman–Crippen MR) is 81.7 cm³/mol. The molecule has 1 unspecified atom stereocenters. The Labute approximate surface area is 121 Å². The van der Waals surface area contributed by atoms with E-state index in [2.05, 4.69) is 17.6 Å². The number of carbonyl (C=O) groups is 1. The van der Waals surface area contributed by atoms with Gasteiger partial charge in [-0.1, -0.05) is 37.3 Å². The minimum Gasteiger partial charge on any atom is -0.444 e. The molecule has 112 valence electrons. The van der Waals surface area contributed by atoms with Gasteiger partial charge in [-0.3, -0.25) is 0 Å². The highest BCUT2D eigenvalue weighted by Gasteiger charge is 2.20. The lowest BCUT2D eigenvalue weighted by atomic mass is 10.0. The highest BCUT2D eigenvalue weighted by Crippen LogP contribution is 2.17. The summed E-state index contributed by atoms with van der Waals surface area (Å²) in [6.07, 6.45) is 0.458. The summed E-state index contributed by atoms with van der Waals surface area (Å²) in [6, 6.07) is 9.93. The standard InChI is InChI=1S/C16H26N2O2/c1-5-17-12-11-14(13-9-7-6-8-10-13)18-15(19)20-16(2,3)4/h6-10,14,17H,5,11-12H2,1-4H3,(H,18,19). The fourth-order valence-electron chi connectivity index (χ4n) is 1.88. The Morgan fingerprint density at radius 3 is 2.45 bits per heavy atom. The van der Waals surface area contributed by atoms with E-state index in [1.54, 1.807) is 0 Å². The van der Waals surface area contributed by atoms with E-state index in [0.717, 1.165) is 25.1 Å². The normalized spacial score (nSPS) is 12.8. The molecule has 1 aromatic carbocycles. The molecule has 0 fully saturated rings. The molecule has 20 heavy (non-hydrogen) atoms. The quantitative estimate of drug-likeness (QED) is 0.785. The number of ether oxygens (including phenoxy) is 1. The molecule has 4 nitrogen and oxygen atoms in total. The van der Waals surface area contributed by atoms with Crippen molar-refractivity contribution in [3.8, 4) is 0 Å². The van der Waals surface area contributed by atoms with Gasteiger partial charge in [-0.25, -0.2) is 4.79 Å². The van der Waals surface area contributed by atoms with Crippen LogP contribution in [0.3, 0.4) is 0 Å². The van der Waals surface area contributed by atoms with Crippen molar-refractivity contribution < 1.29 is 9.53 Å². The number of nitrogens with one attached hydrogen (secondary N) is 2. The third-order valence-corrected chi connectivity index (χ3v) is 2.75. The molecule has 0 radical (unpaired) electrons. The number of alkyl carbamates (subject to hydrolysis) is 1. The summed E-state index contributed by atoms with van der Waals surface area (Å²) in [5.74, 6) is 0. The first kappa shape index (κ1) is 16.5. The van der Waals surface area contributed by atoms with Crippen LogP contribution in [0.15, 0.2) is 30.3 Å². The molecule has 1 aromatic rings. The van der Waals surface area contributed by atoms with Crippen molar-refractivity contribution in [3.63, 3.8) is 0 Å². The maximum atomic E-state index is 11.9. The van der Waals surface area contributed by atoms with Crippen LogP contribution in [0.4, 0.5) is 4.79 Å². The maximum Gasteiger partial charge on any atom is 0.408 e. The topological polar surface area (TPSA) is 50.4 Å². The van der Waals surface area contributed by atoms with Gasteiger partial charge in [0, 0.05) is 0 Å². The fourth-order valence-corrected chi connectivity index (χ4v) is 1.88. The highest BCUT2D eigenvalue weighted by molar-refractivity contribution is 5.68. The SMILES string of the molecule is CCNCCC(NC(=O)OC(C)(C)C)c1ccccc1. The molecule has 0 aliphatic heterocycles. The molecular weight excluding hydrogens is 252 g/mol. The number of carbonyl (C=O) groups excluding carboxylic acids is 1. The number of benzene rings is 1. The summed E-state index contributed by atoms with van der Waals surface area (Å²) in [5, 5.41) is 6.23. The molecule has 1 amide bonds. The molecule has 1 rings (SSSR count). The number of amides is 1. The summed E-state index contributed by atoms with van der Waals surface area (Å²) in [6.45, 7) is 9.44. The lowest BCUT2D eigenvalue weighted by Gasteiger charge is -2.24. The van der Waals surface area contributed by atoms with Crippen molar-refractivity contribution in [1.29, 1.82) is 0 Å². The van der Waals surface area contributed by atoms with Crippen LogP contribution in [-0.4, -0.2) is 24.8 Å². The first-order valence-electron chi connectivity index (χ1n) is 7.17. The molecule has 1 atom stereocenters. The lowest BCUT2D eigenvalue weighted by Crippen LogP contribution is -2.36. The van der Waals surface area contributed by atoms with Crippen molar-refractivity contribution >= 4 is 6.09 Å². The molecule has 0 aliphatic carbocycles. The molecule has 0 heterocycles. The molecule has 2 N–H and O–H groups in total. The summed E-state index contributed by atoms with van der Waals surface area (Å²) in [4.78, 5) is 11.9. The van der Waals surface area contributed by atoms with Gasteiger partial charge in [0.25, 0.3) is 0 Å². The van der Waals surface area contributed by atoms with E-state index in [4.69, 9.17) is 4.74 Å². The molecule has 0 aromatic heterocycles. The maximum absolute atomic E-state index is 11.9. The second-order valence-corrected chi connectivity index (χ2v) is 5.75. The van der Waals surface area contributed by atoms with Crippen LogP contribution in [0.5, 0.6) is 0 Å². The Kier molecular flexibility index (Phi) is 6.52. The van der Waals surface area contributed by atoms with Gasteiger partial charge in [0.1, 0.15) is 5.60 Å². The second-order valence-electron chi connectivity index (χ2n) is 5.75. The van der Waals surface area contributed by atoms with Crippen LogP contribution in [-0.2, 0) is 4.74 Å². The van der Waals surface area contributed by atoms with Gasteiger partial charge >= 0.3 is 6.09 Å². The fraction of sp³-hybridized carbons (Fsp3) is 0.562. The van der Waals surface area contributed by atoms with E-state index < -0.39 is 5.60 Å². The lowest BCUT2D eigenvalue weighted by molar-refractivity contribution is 0.0501. The zero-order valence-corrected chi connectivity index (χ0v) is 12.9. The smallest absolute Gasteiger partial charge is 0.408 e. The highest BCUT2D eigenvalue weighted by atomic mass is 16.6. The number of rotatable bonds is 6. The van der Waals surface area contributed by atoms with E-state index in [0.29, 0.717) is 0 Å². The van der Waals surface area contributed by atoms with Gasteiger partial charge in [0.05, 0.1) is 6.04 Å².